The first-order valence-corrected chi connectivity index (χ1v) is 7.75. The Morgan fingerprint density at radius 1 is 1.55 bits per heavy atom. The average molecular weight is 293 g/mol. The number of rotatable bonds is 4. The molecular formula is C15H19NO3S. The number of amides is 1. The highest BCUT2D eigenvalue weighted by Crippen LogP contribution is 2.16. The first-order valence-electron chi connectivity index (χ1n) is 6.87. The van der Waals surface area contributed by atoms with E-state index in [0.29, 0.717) is 12.1 Å². The van der Waals surface area contributed by atoms with E-state index in [1.807, 2.05) is 0 Å². The lowest BCUT2D eigenvalue weighted by atomic mass is 10.1. The number of aliphatic hydroxyl groups is 1. The summed E-state index contributed by atoms with van der Waals surface area (Å²) < 4.78 is 5.62. The smallest absolute Gasteiger partial charge is 0.252 e. The second-order valence-corrected chi connectivity index (χ2v) is 5.60. The second-order valence-electron chi connectivity index (χ2n) is 4.69. The normalized spacial score (nSPS) is 18.1. The van der Waals surface area contributed by atoms with E-state index in [1.54, 1.807) is 11.4 Å². The molecule has 0 radical (unpaired) electrons. The van der Waals surface area contributed by atoms with Gasteiger partial charge in [-0.25, -0.2) is 0 Å². The Morgan fingerprint density at radius 2 is 2.45 bits per heavy atom. The van der Waals surface area contributed by atoms with Crippen LogP contribution in [0, 0.1) is 11.8 Å². The lowest BCUT2D eigenvalue weighted by molar-refractivity contribution is 0.0117. The number of carbonyl (C=O) groups excluding carboxylic acids is 1. The van der Waals surface area contributed by atoms with Gasteiger partial charge in [-0.15, -0.1) is 11.3 Å². The van der Waals surface area contributed by atoms with Crippen LogP contribution in [0.2, 0.25) is 0 Å². The Hall–Kier alpha value is -1.35. The highest BCUT2D eigenvalue weighted by Gasteiger charge is 2.14. The number of hydrogen-bond acceptors (Lipinski definition) is 4. The Balaban J connectivity index is 1.75. The van der Waals surface area contributed by atoms with Crippen molar-refractivity contribution in [3.05, 3.63) is 21.9 Å². The predicted molar refractivity (Wildman–Crippen MR) is 78.8 cm³/mol. The molecule has 2 rings (SSSR count). The Labute approximate surface area is 123 Å². The van der Waals surface area contributed by atoms with Gasteiger partial charge in [0.1, 0.15) is 6.61 Å². The molecule has 1 saturated heterocycles. The molecule has 0 saturated carbocycles. The maximum Gasteiger partial charge on any atom is 0.252 e. The molecule has 20 heavy (non-hydrogen) atoms. The fourth-order valence-electron chi connectivity index (χ4n) is 2.13. The zero-order valence-electron chi connectivity index (χ0n) is 11.4. The van der Waals surface area contributed by atoms with Crippen LogP contribution in [0.5, 0.6) is 0 Å². The predicted octanol–water partition coefficient (Wildman–Crippen LogP) is 1.78. The molecule has 108 valence electrons. The minimum absolute atomic E-state index is 0.0749. The van der Waals surface area contributed by atoms with E-state index in [4.69, 9.17) is 9.84 Å². The second kappa shape index (κ2) is 8.05. The number of nitrogens with one attached hydrogen (secondary N) is 1. The molecule has 1 fully saturated rings. The minimum atomic E-state index is -0.166. The van der Waals surface area contributed by atoms with Gasteiger partial charge in [0.05, 0.1) is 16.5 Å². The van der Waals surface area contributed by atoms with Crippen LogP contribution >= 0.6 is 11.3 Å². The van der Waals surface area contributed by atoms with E-state index >= 15 is 0 Å². The summed E-state index contributed by atoms with van der Waals surface area (Å²) in [6, 6.07) is 1.75. The van der Waals surface area contributed by atoms with Crippen LogP contribution in [0.25, 0.3) is 0 Å². The summed E-state index contributed by atoms with van der Waals surface area (Å²) >= 11 is 1.41. The summed E-state index contributed by atoms with van der Waals surface area (Å²) in [6.45, 7) is 1.31. The number of aliphatic hydroxyl groups excluding tert-OH is 1. The molecule has 1 aromatic rings. The molecule has 2 heterocycles. The molecule has 2 N–H and O–H groups in total. The quantitative estimate of drug-likeness (QED) is 0.832. The molecule has 1 aromatic heterocycles. The third kappa shape index (κ3) is 4.64. The van der Waals surface area contributed by atoms with E-state index in [9.17, 15) is 4.79 Å². The van der Waals surface area contributed by atoms with E-state index in [1.165, 1.54) is 17.8 Å². The molecule has 1 aliphatic rings. The van der Waals surface area contributed by atoms with Crippen molar-refractivity contribution in [1.82, 2.24) is 5.32 Å². The summed E-state index contributed by atoms with van der Waals surface area (Å²) in [5.74, 6) is 5.29. The van der Waals surface area contributed by atoms with Crippen molar-refractivity contribution in [2.24, 2.45) is 0 Å². The highest BCUT2D eigenvalue weighted by atomic mass is 32.1. The lowest BCUT2D eigenvalue weighted by Crippen LogP contribution is -2.29. The van der Waals surface area contributed by atoms with Crippen LogP contribution in [0.15, 0.2) is 11.4 Å². The Morgan fingerprint density at radius 3 is 3.20 bits per heavy atom. The number of thiophene rings is 1. The van der Waals surface area contributed by atoms with Crippen LogP contribution in [-0.4, -0.2) is 36.9 Å². The van der Waals surface area contributed by atoms with Gasteiger partial charge >= 0.3 is 0 Å². The first kappa shape index (κ1) is 15.0. The van der Waals surface area contributed by atoms with Crippen molar-refractivity contribution in [3.8, 4) is 11.8 Å². The van der Waals surface area contributed by atoms with E-state index in [-0.39, 0.29) is 18.6 Å². The van der Waals surface area contributed by atoms with Crippen LogP contribution in [0.3, 0.4) is 0 Å². The fraction of sp³-hybridized carbons (Fsp3) is 0.533. The van der Waals surface area contributed by atoms with E-state index < -0.39 is 0 Å². The molecule has 1 unspecified atom stereocenters. The monoisotopic (exact) mass is 293 g/mol. The molecule has 1 aliphatic heterocycles. The molecule has 0 aliphatic carbocycles. The Kier molecular flexibility index (Phi) is 6.06. The van der Waals surface area contributed by atoms with Gasteiger partial charge in [0.2, 0.25) is 0 Å². The van der Waals surface area contributed by atoms with Crippen LogP contribution in [-0.2, 0) is 4.74 Å². The molecule has 5 heteroatoms. The molecule has 4 nitrogen and oxygen atoms in total. The lowest BCUT2D eigenvalue weighted by Gasteiger charge is -2.22. The van der Waals surface area contributed by atoms with Gasteiger partial charge in [0.25, 0.3) is 5.91 Å². The summed E-state index contributed by atoms with van der Waals surface area (Å²) in [5, 5.41) is 13.3. The summed E-state index contributed by atoms with van der Waals surface area (Å²) in [4.78, 5) is 12.7. The molecule has 1 atom stereocenters. The zero-order chi connectivity index (χ0) is 14.2. The summed E-state index contributed by atoms with van der Waals surface area (Å²) in [5.41, 5.74) is 0.627. The topological polar surface area (TPSA) is 58.6 Å². The maximum atomic E-state index is 11.9. The van der Waals surface area contributed by atoms with Gasteiger partial charge < -0.3 is 15.2 Å². The van der Waals surface area contributed by atoms with Crippen LogP contribution in [0.4, 0.5) is 0 Å². The van der Waals surface area contributed by atoms with Crippen LogP contribution in [0.1, 0.15) is 40.9 Å². The summed E-state index contributed by atoms with van der Waals surface area (Å²) in [6.07, 6.45) is 4.62. The largest absolute Gasteiger partial charge is 0.384 e. The van der Waals surface area contributed by atoms with Gasteiger partial charge in [0.15, 0.2) is 0 Å². The van der Waals surface area contributed by atoms with Gasteiger partial charge in [-0.1, -0.05) is 11.8 Å². The number of carbonyl (C=O) groups is 1. The molecular weight excluding hydrogens is 274 g/mol. The number of ether oxygens (including phenoxy) is 1. The average Bonchev–Trinajstić information content (AvgIpc) is 2.95. The van der Waals surface area contributed by atoms with E-state index in [0.717, 1.165) is 30.7 Å². The van der Waals surface area contributed by atoms with Crippen molar-refractivity contribution in [1.29, 1.82) is 0 Å². The van der Waals surface area contributed by atoms with Crippen molar-refractivity contribution >= 4 is 17.2 Å². The zero-order valence-corrected chi connectivity index (χ0v) is 12.2. The van der Waals surface area contributed by atoms with E-state index in [2.05, 4.69) is 17.2 Å². The van der Waals surface area contributed by atoms with Gasteiger partial charge in [-0.2, -0.15) is 0 Å². The standard InChI is InChI=1S/C15H19NO3S/c17-8-3-5-14-10-12(11-20-14)15(18)16-7-6-13-4-1-2-9-19-13/h10-11,13,17H,1-2,4,6-9H2,(H,16,18). The molecule has 0 aromatic carbocycles. The first-order chi connectivity index (χ1) is 9.79. The van der Waals surface area contributed by atoms with Crippen molar-refractivity contribution in [2.75, 3.05) is 19.8 Å². The van der Waals surface area contributed by atoms with Crippen molar-refractivity contribution < 1.29 is 14.6 Å². The molecule has 0 bridgehead atoms. The van der Waals surface area contributed by atoms with Crippen molar-refractivity contribution in [3.63, 3.8) is 0 Å². The minimum Gasteiger partial charge on any atom is -0.384 e. The highest BCUT2D eigenvalue weighted by molar-refractivity contribution is 7.10. The fourth-order valence-corrected chi connectivity index (χ4v) is 2.89. The van der Waals surface area contributed by atoms with Crippen LogP contribution < -0.4 is 5.32 Å². The third-order valence-electron chi connectivity index (χ3n) is 3.18. The SMILES string of the molecule is O=C(NCCC1CCCCO1)c1csc(C#CCO)c1. The van der Waals surface area contributed by atoms with Gasteiger partial charge in [-0.05, 0) is 31.7 Å². The Bertz CT molecular complexity index is 495. The van der Waals surface area contributed by atoms with Crippen molar-refractivity contribution in [2.45, 2.75) is 31.8 Å². The van der Waals surface area contributed by atoms with Gasteiger partial charge in [0, 0.05) is 18.5 Å². The number of hydrogen-bond donors (Lipinski definition) is 2. The molecule has 0 spiro atoms. The van der Waals surface area contributed by atoms with Gasteiger partial charge in [-0.3, -0.25) is 4.79 Å². The molecule has 1 amide bonds. The summed E-state index contributed by atoms with van der Waals surface area (Å²) in [7, 11) is 0. The third-order valence-corrected chi connectivity index (χ3v) is 4.02. The maximum absolute atomic E-state index is 11.9.